The molecule has 3 heteroatoms. The van der Waals surface area contributed by atoms with E-state index in [0.29, 0.717) is 0 Å². The van der Waals surface area contributed by atoms with Crippen molar-refractivity contribution >= 4 is 11.0 Å². The molecule has 2 rings (SSSR count). The predicted octanol–water partition coefficient (Wildman–Crippen LogP) is 0.444. The SMILES string of the molecule is c1cnc2nc[nH+]cc2c1. The quantitative estimate of drug-likeness (QED) is 0.522. The molecular formula is C7H6N3+. The molecule has 0 aliphatic rings. The highest BCUT2D eigenvalue weighted by Crippen LogP contribution is 2.01. The summed E-state index contributed by atoms with van der Waals surface area (Å²) in [6, 6.07) is 3.85. The highest BCUT2D eigenvalue weighted by molar-refractivity contribution is 5.71. The van der Waals surface area contributed by atoms with Crippen LogP contribution in [0.5, 0.6) is 0 Å². The molecule has 0 aromatic carbocycles. The van der Waals surface area contributed by atoms with Crippen LogP contribution in [0.1, 0.15) is 0 Å². The molecule has 0 bridgehead atoms. The Bertz CT molecular complexity index is 280. The van der Waals surface area contributed by atoms with Gasteiger partial charge in [0.15, 0.2) is 0 Å². The summed E-state index contributed by atoms with van der Waals surface area (Å²) < 4.78 is 0. The number of pyridine rings is 1. The number of aromatic amines is 1. The topological polar surface area (TPSA) is 39.9 Å². The highest BCUT2D eigenvalue weighted by atomic mass is 14.9. The molecule has 2 aromatic heterocycles. The monoisotopic (exact) mass is 132 g/mol. The molecule has 0 unspecified atom stereocenters. The van der Waals surface area contributed by atoms with Crippen LogP contribution >= 0.6 is 0 Å². The van der Waals surface area contributed by atoms with Gasteiger partial charge in [0.2, 0.25) is 0 Å². The van der Waals surface area contributed by atoms with Gasteiger partial charge in [-0.05, 0) is 17.1 Å². The van der Waals surface area contributed by atoms with Gasteiger partial charge >= 0.3 is 0 Å². The lowest BCUT2D eigenvalue weighted by atomic mass is 10.3. The fourth-order valence-corrected chi connectivity index (χ4v) is 0.855. The number of nitrogens with zero attached hydrogens (tertiary/aromatic N) is 2. The van der Waals surface area contributed by atoms with E-state index in [1.54, 1.807) is 12.5 Å². The Labute approximate surface area is 57.8 Å². The summed E-state index contributed by atoms with van der Waals surface area (Å²) in [6.07, 6.45) is 5.22. The van der Waals surface area contributed by atoms with Gasteiger partial charge in [-0.25, -0.2) is 9.97 Å². The van der Waals surface area contributed by atoms with E-state index in [2.05, 4.69) is 15.0 Å². The van der Waals surface area contributed by atoms with Crippen molar-refractivity contribution in [2.45, 2.75) is 0 Å². The second kappa shape index (κ2) is 2.02. The van der Waals surface area contributed by atoms with Gasteiger partial charge in [-0.1, -0.05) is 0 Å². The van der Waals surface area contributed by atoms with E-state index >= 15 is 0 Å². The Hall–Kier alpha value is -1.51. The summed E-state index contributed by atoms with van der Waals surface area (Å²) in [7, 11) is 0. The molecule has 10 heavy (non-hydrogen) atoms. The first-order chi connectivity index (χ1) is 4.97. The van der Waals surface area contributed by atoms with Crippen molar-refractivity contribution in [2.75, 3.05) is 0 Å². The minimum absolute atomic E-state index is 0.779. The number of nitrogens with one attached hydrogen (secondary N) is 1. The van der Waals surface area contributed by atoms with Crippen molar-refractivity contribution in [3.8, 4) is 0 Å². The van der Waals surface area contributed by atoms with E-state index in [4.69, 9.17) is 0 Å². The molecule has 2 heterocycles. The number of fused-ring (bicyclic) bond motifs is 1. The molecule has 2 aromatic rings. The van der Waals surface area contributed by atoms with Gasteiger partial charge in [-0.15, -0.1) is 0 Å². The minimum Gasteiger partial charge on any atom is -0.250 e. The predicted molar refractivity (Wildman–Crippen MR) is 36.1 cm³/mol. The zero-order valence-corrected chi connectivity index (χ0v) is 5.28. The molecule has 0 atom stereocenters. The normalized spacial score (nSPS) is 10.0. The third-order valence-corrected chi connectivity index (χ3v) is 1.32. The summed E-state index contributed by atoms with van der Waals surface area (Å²) in [4.78, 5) is 10.9. The molecule has 1 N–H and O–H groups in total. The van der Waals surface area contributed by atoms with Crippen LogP contribution in [-0.2, 0) is 0 Å². The van der Waals surface area contributed by atoms with Crippen molar-refractivity contribution in [1.82, 2.24) is 9.97 Å². The van der Waals surface area contributed by atoms with Crippen molar-refractivity contribution in [3.05, 3.63) is 30.9 Å². The summed E-state index contributed by atoms with van der Waals surface area (Å²) in [6.45, 7) is 0. The number of hydrogen-bond acceptors (Lipinski definition) is 2. The average molecular weight is 132 g/mol. The van der Waals surface area contributed by atoms with Crippen molar-refractivity contribution in [1.29, 1.82) is 0 Å². The van der Waals surface area contributed by atoms with Gasteiger partial charge in [-0.3, -0.25) is 0 Å². The minimum atomic E-state index is 0.779. The molecule has 3 nitrogen and oxygen atoms in total. The van der Waals surface area contributed by atoms with E-state index in [-0.39, 0.29) is 0 Å². The third kappa shape index (κ3) is 0.719. The first kappa shape index (κ1) is 5.29. The zero-order valence-electron chi connectivity index (χ0n) is 5.28. The first-order valence-electron chi connectivity index (χ1n) is 3.03. The van der Waals surface area contributed by atoms with E-state index in [1.165, 1.54) is 0 Å². The van der Waals surface area contributed by atoms with E-state index in [0.717, 1.165) is 11.0 Å². The molecule has 0 fully saturated rings. The molecule has 0 amide bonds. The second-order valence-corrected chi connectivity index (χ2v) is 1.99. The number of rotatable bonds is 0. The van der Waals surface area contributed by atoms with Crippen LogP contribution in [0.2, 0.25) is 0 Å². The van der Waals surface area contributed by atoms with Crippen LogP contribution in [0.4, 0.5) is 0 Å². The molecule has 0 spiro atoms. The Morgan fingerprint density at radius 1 is 1.30 bits per heavy atom. The lowest BCUT2D eigenvalue weighted by Gasteiger charge is -1.83. The van der Waals surface area contributed by atoms with E-state index < -0.39 is 0 Å². The maximum atomic E-state index is 4.05. The van der Waals surface area contributed by atoms with Gasteiger partial charge in [0.25, 0.3) is 12.0 Å². The van der Waals surface area contributed by atoms with Crippen LogP contribution < -0.4 is 4.98 Å². The smallest absolute Gasteiger partial charge is 0.250 e. The largest absolute Gasteiger partial charge is 0.286 e. The lowest BCUT2D eigenvalue weighted by molar-refractivity contribution is -0.380. The fraction of sp³-hybridized carbons (Fsp3) is 0. The van der Waals surface area contributed by atoms with Crippen LogP contribution in [0.25, 0.3) is 11.0 Å². The summed E-state index contributed by atoms with van der Waals surface area (Å²) in [5.41, 5.74) is 0.779. The van der Waals surface area contributed by atoms with E-state index in [1.807, 2.05) is 18.3 Å². The highest BCUT2D eigenvalue weighted by Gasteiger charge is 1.96. The summed E-state index contributed by atoms with van der Waals surface area (Å²) >= 11 is 0. The van der Waals surface area contributed by atoms with Gasteiger partial charge in [0.1, 0.15) is 6.20 Å². The second-order valence-electron chi connectivity index (χ2n) is 1.99. The van der Waals surface area contributed by atoms with Gasteiger partial charge < -0.3 is 0 Å². The Morgan fingerprint density at radius 3 is 3.20 bits per heavy atom. The molecule has 48 valence electrons. The standard InChI is InChI=1S/C7H5N3/c1-2-6-4-8-5-10-7(6)9-3-1/h1-5H/p+1. The average Bonchev–Trinajstić information content (AvgIpc) is 2.05. The lowest BCUT2D eigenvalue weighted by Crippen LogP contribution is -2.00. The Kier molecular flexibility index (Phi) is 1.07. The number of aromatic nitrogens is 3. The van der Waals surface area contributed by atoms with Gasteiger partial charge in [-0.2, -0.15) is 0 Å². The van der Waals surface area contributed by atoms with Crippen molar-refractivity contribution in [2.24, 2.45) is 0 Å². The van der Waals surface area contributed by atoms with Crippen LogP contribution in [-0.4, -0.2) is 9.97 Å². The molecule has 0 aliphatic carbocycles. The molecular weight excluding hydrogens is 126 g/mol. The summed E-state index contributed by atoms with van der Waals surface area (Å²) in [5, 5.41) is 1.03. The van der Waals surface area contributed by atoms with Crippen LogP contribution in [0, 0.1) is 0 Å². The fourth-order valence-electron chi connectivity index (χ4n) is 0.855. The van der Waals surface area contributed by atoms with Gasteiger partial charge in [0.05, 0.1) is 5.39 Å². The van der Waals surface area contributed by atoms with Gasteiger partial charge in [0, 0.05) is 6.20 Å². The zero-order chi connectivity index (χ0) is 6.81. The molecule has 0 saturated heterocycles. The Balaban J connectivity index is 2.89. The van der Waals surface area contributed by atoms with Crippen LogP contribution in [0.15, 0.2) is 30.9 Å². The van der Waals surface area contributed by atoms with E-state index in [9.17, 15) is 0 Å². The first-order valence-corrected chi connectivity index (χ1v) is 3.03. The van der Waals surface area contributed by atoms with Crippen molar-refractivity contribution in [3.63, 3.8) is 0 Å². The van der Waals surface area contributed by atoms with Crippen LogP contribution in [0.3, 0.4) is 0 Å². The maximum Gasteiger partial charge on any atom is 0.286 e. The van der Waals surface area contributed by atoms with Crippen molar-refractivity contribution < 1.29 is 4.98 Å². The molecule has 0 radical (unpaired) electrons. The number of H-pyrrole nitrogens is 1. The Morgan fingerprint density at radius 2 is 2.30 bits per heavy atom. The molecule has 0 saturated carbocycles. The number of hydrogen-bond donors (Lipinski definition) is 0. The maximum absolute atomic E-state index is 4.05. The summed E-state index contributed by atoms with van der Waals surface area (Å²) in [5.74, 6) is 0. The molecule has 0 aliphatic heterocycles. The third-order valence-electron chi connectivity index (χ3n) is 1.32.